The van der Waals surface area contributed by atoms with E-state index in [1.165, 1.54) is 0 Å². The van der Waals surface area contributed by atoms with Gasteiger partial charge in [0.05, 0.1) is 5.56 Å². The monoisotopic (exact) mass is 389 g/mol. The summed E-state index contributed by atoms with van der Waals surface area (Å²) in [7, 11) is 0. The number of benzene rings is 4. The number of fused-ring (bicyclic) bond motifs is 1. The molecule has 1 heterocycles. The highest BCUT2D eigenvalue weighted by molar-refractivity contribution is 6.14. The summed E-state index contributed by atoms with van der Waals surface area (Å²) in [6.45, 7) is 0. The van der Waals surface area contributed by atoms with E-state index in [1.807, 2.05) is 66.7 Å². The van der Waals surface area contributed by atoms with Gasteiger partial charge in [-0.2, -0.15) is 0 Å². The number of rotatable bonds is 4. The molecule has 1 aliphatic heterocycles. The summed E-state index contributed by atoms with van der Waals surface area (Å²) in [5.74, 6) is 0.890. The molecule has 0 saturated carbocycles. The van der Waals surface area contributed by atoms with Crippen LogP contribution in [0, 0.1) is 0 Å². The fourth-order valence-electron chi connectivity index (χ4n) is 3.61. The largest absolute Gasteiger partial charge is 0.452 e. The molecule has 0 fully saturated rings. The van der Waals surface area contributed by atoms with E-state index in [2.05, 4.69) is 41.3 Å². The number of nitrogens with zero attached hydrogens (tertiary/aromatic N) is 1. The molecule has 144 valence electrons. The summed E-state index contributed by atoms with van der Waals surface area (Å²) in [5, 5.41) is 0. The summed E-state index contributed by atoms with van der Waals surface area (Å²) in [5.41, 5.74) is 4.73. The quantitative estimate of drug-likeness (QED) is 0.361. The van der Waals surface area contributed by atoms with Gasteiger partial charge in [0.2, 0.25) is 5.78 Å². The number of ketones is 1. The first-order valence-corrected chi connectivity index (χ1v) is 9.83. The SMILES string of the molecule is O=C1/C(=C\c2ccc(N(c3ccccc3)c3ccccc3)cc2)Oc2ccccc21. The van der Waals surface area contributed by atoms with Crippen LogP contribution in [0.15, 0.2) is 115 Å². The van der Waals surface area contributed by atoms with E-state index in [0.29, 0.717) is 17.1 Å². The van der Waals surface area contributed by atoms with Crippen LogP contribution in [0.1, 0.15) is 15.9 Å². The molecular formula is C27H19NO2. The summed E-state index contributed by atoms with van der Waals surface area (Å²) < 4.78 is 5.74. The molecule has 0 spiro atoms. The maximum absolute atomic E-state index is 12.5. The van der Waals surface area contributed by atoms with Gasteiger partial charge in [-0.3, -0.25) is 4.79 Å². The molecule has 0 radical (unpaired) electrons. The van der Waals surface area contributed by atoms with Crippen LogP contribution in [0.4, 0.5) is 17.1 Å². The van der Waals surface area contributed by atoms with Gasteiger partial charge in [-0.15, -0.1) is 0 Å². The molecule has 0 atom stereocenters. The second kappa shape index (κ2) is 7.72. The normalized spacial score (nSPS) is 13.7. The zero-order valence-corrected chi connectivity index (χ0v) is 16.2. The van der Waals surface area contributed by atoms with E-state index in [0.717, 1.165) is 22.6 Å². The van der Waals surface area contributed by atoms with Gasteiger partial charge in [-0.1, -0.05) is 60.7 Å². The Labute approximate surface area is 175 Å². The topological polar surface area (TPSA) is 29.5 Å². The lowest BCUT2D eigenvalue weighted by Gasteiger charge is -2.25. The van der Waals surface area contributed by atoms with Crippen molar-refractivity contribution >= 4 is 28.9 Å². The lowest BCUT2D eigenvalue weighted by molar-refractivity contribution is 0.101. The molecule has 0 saturated heterocycles. The predicted molar refractivity (Wildman–Crippen MR) is 121 cm³/mol. The lowest BCUT2D eigenvalue weighted by atomic mass is 10.1. The van der Waals surface area contributed by atoms with Crippen molar-refractivity contribution < 1.29 is 9.53 Å². The summed E-state index contributed by atoms with van der Waals surface area (Å²) in [6.07, 6.45) is 1.79. The molecule has 30 heavy (non-hydrogen) atoms. The standard InChI is InChI=1S/C27H19NO2/c29-27-24-13-7-8-14-25(24)30-26(27)19-20-15-17-23(18-16-20)28(21-9-3-1-4-10-21)22-11-5-2-6-12-22/h1-19H/b26-19+. The van der Waals surface area contributed by atoms with Crippen molar-refractivity contribution in [2.45, 2.75) is 0 Å². The van der Waals surface area contributed by atoms with Crippen molar-refractivity contribution in [1.82, 2.24) is 0 Å². The number of para-hydroxylation sites is 3. The molecule has 0 amide bonds. The number of Topliss-reactive ketones (excluding diaryl/α,β-unsaturated/α-hetero) is 1. The smallest absolute Gasteiger partial charge is 0.231 e. The van der Waals surface area contributed by atoms with Crippen LogP contribution < -0.4 is 9.64 Å². The fourth-order valence-corrected chi connectivity index (χ4v) is 3.61. The van der Waals surface area contributed by atoms with Crippen molar-refractivity contribution in [2.75, 3.05) is 4.90 Å². The second-order valence-corrected chi connectivity index (χ2v) is 7.03. The zero-order chi connectivity index (χ0) is 20.3. The van der Waals surface area contributed by atoms with Crippen LogP contribution >= 0.6 is 0 Å². The Morgan fingerprint density at radius 1 is 0.600 bits per heavy atom. The average Bonchev–Trinajstić information content (AvgIpc) is 3.12. The minimum atomic E-state index is -0.0788. The Hall–Kier alpha value is -4.11. The number of carbonyl (C=O) groups is 1. The molecule has 3 heteroatoms. The van der Waals surface area contributed by atoms with E-state index >= 15 is 0 Å². The Bertz CT molecular complexity index is 1170. The van der Waals surface area contributed by atoms with Crippen LogP contribution in [-0.2, 0) is 0 Å². The molecule has 3 nitrogen and oxygen atoms in total. The first-order valence-electron chi connectivity index (χ1n) is 9.83. The Morgan fingerprint density at radius 2 is 1.13 bits per heavy atom. The van der Waals surface area contributed by atoms with Crippen molar-refractivity contribution in [3.05, 3.63) is 126 Å². The Morgan fingerprint density at radius 3 is 1.73 bits per heavy atom. The zero-order valence-electron chi connectivity index (χ0n) is 16.2. The van der Waals surface area contributed by atoms with Crippen LogP contribution in [-0.4, -0.2) is 5.78 Å². The van der Waals surface area contributed by atoms with Gasteiger partial charge in [0.1, 0.15) is 5.75 Å². The molecule has 5 rings (SSSR count). The number of allylic oxidation sites excluding steroid dienone is 1. The first-order chi connectivity index (χ1) is 14.8. The van der Waals surface area contributed by atoms with Gasteiger partial charge in [-0.05, 0) is 60.2 Å². The van der Waals surface area contributed by atoms with Crippen molar-refractivity contribution in [1.29, 1.82) is 0 Å². The lowest BCUT2D eigenvalue weighted by Crippen LogP contribution is -2.09. The molecular weight excluding hydrogens is 370 g/mol. The summed E-state index contributed by atoms with van der Waals surface area (Å²) >= 11 is 0. The highest BCUT2D eigenvalue weighted by Crippen LogP contribution is 2.35. The van der Waals surface area contributed by atoms with Crippen molar-refractivity contribution in [3.8, 4) is 5.75 Å². The van der Waals surface area contributed by atoms with Crippen LogP contribution in [0.2, 0.25) is 0 Å². The van der Waals surface area contributed by atoms with Gasteiger partial charge >= 0.3 is 0 Å². The highest BCUT2D eigenvalue weighted by Gasteiger charge is 2.26. The van der Waals surface area contributed by atoms with Gasteiger partial charge in [0, 0.05) is 17.1 Å². The van der Waals surface area contributed by atoms with Crippen molar-refractivity contribution in [3.63, 3.8) is 0 Å². The van der Waals surface area contributed by atoms with Gasteiger partial charge in [-0.25, -0.2) is 0 Å². The number of carbonyl (C=O) groups excluding carboxylic acids is 1. The third-order valence-electron chi connectivity index (χ3n) is 5.05. The minimum absolute atomic E-state index is 0.0788. The molecule has 0 unspecified atom stereocenters. The number of hydrogen-bond donors (Lipinski definition) is 0. The number of hydrogen-bond acceptors (Lipinski definition) is 3. The molecule has 4 aromatic rings. The van der Waals surface area contributed by atoms with Crippen LogP contribution in [0.25, 0.3) is 6.08 Å². The van der Waals surface area contributed by atoms with Gasteiger partial charge in [0.15, 0.2) is 5.76 Å². The van der Waals surface area contributed by atoms with E-state index in [4.69, 9.17) is 4.74 Å². The predicted octanol–water partition coefficient (Wildman–Crippen LogP) is 6.77. The summed E-state index contributed by atoms with van der Waals surface area (Å²) in [4.78, 5) is 14.7. The molecule has 1 aliphatic rings. The second-order valence-electron chi connectivity index (χ2n) is 7.03. The number of ether oxygens (including phenoxy) is 1. The maximum atomic E-state index is 12.5. The van der Waals surface area contributed by atoms with Crippen LogP contribution in [0.5, 0.6) is 5.75 Å². The molecule has 0 bridgehead atoms. The molecule has 4 aromatic carbocycles. The van der Waals surface area contributed by atoms with E-state index in [1.54, 1.807) is 12.1 Å². The van der Waals surface area contributed by atoms with Crippen LogP contribution in [0.3, 0.4) is 0 Å². The number of anilines is 3. The first kappa shape index (κ1) is 18.0. The van der Waals surface area contributed by atoms with E-state index < -0.39 is 0 Å². The molecule has 0 aliphatic carbocycles. The maximum Gasteiger partial charge on any atom is 0.231 e. The third kappa shape index (κ3) is 3.38. The van der Waals surface area contributed by atoms with Gasteiger partial charge < -0.3 is 9.64 Å². The minimum Gasteiger partial charge on any atom is -0.452 e. The molecule has 0 N–H and O–H groups in total. The van der Waals surface area contributed by atoms with E-state index in [9.17, 15) is 4.79 Å². The average molecular weight is 389 g/mol. The Kier molecular flexibility index (Phi) is 4.62. The third-order valence-corrected chi connectivity index (χ3v) is 5.05. The van der Waals surface area contributed by atoms with Crippen molar-refractivity contribution in [2.24, 2.45) is 0 Å². The van der Waals surface area contributed by atoms with Gasteiger partial charge in [0.25, 0.3) is 0 Å². The highest BCUT2D eigenvalue weighted by atomic mass is 16.5. The fraction of sp³-hybridized carbons (Fsp3) is 0. The van der Waals surface area contributed by atoms with E-state index in [-0.39, 0.29) is 5.78 Å². The Balaban J connectivity index is 1.47. The molecule has 0 aromatic heterocycles. The summed E-state index contributed by atoms with van der Waals surface area (Å²) in [6, 6.07) is 35.9.